The van der Waals surface area contributed by atoms with Crippen molar-refractivity contribution in [3.63, 3.8) is 0 Å². The van der Waals surface area contributed by atoms with E-state index in [2.05, 4.69) is 13.8 Å². The lowest BCUT2D eigenvalue weighted by Crippen LogP contribution is -2.84. The normalized spacial score (nSPS) is 41.8. The lowest BCUT2D eigenvalue weighted by Gasteiger charge is -2.75. The highest BCUT2D eigenvalue weighted by Gasteiger charge is 2.81. The Labute approximate surface area is 155 Å². The van der Waals surface area contributed by atoms with E-state index < -0.39 is 26.1 Å². The van der Waals surface area contributed by atoms with E-state index in [1.807, 2.05) is 13.8 Å². The standard InChI is InChI=1S/C21H28O4S/c1-12(2)15-9-10-20(4)19-16(22)11-17(21(20,23)18(15)19)26(24,25)14-7-5-13(3)6-8-14/h5-8,12,15,17-19,23H,9-11H2,1-4H3/t15-,17+,18+,19+,20-,21+/m0/s1. The van der Waals surface area contributed by atoms with E-state index in [1.54, 1.807) is 24.3 Å². The van der Waals surface area contributed by atoms with Gasteiger partial charge in [0.2, 0.25) is 0 Å². The molecule has 142 valence electrons. The first-order valence-corrected chi connectivity index (χ1v) is 11.2. The molecule has 0 amide bonds. The minimum absolute atomic E-state index is 0.0273. The molecule has 6 atom stereocenters. The van der Waals surface area contributed by atoms with E-state index >= 15 is 0 Å². The van der Waals surface area contributed by atoms with Gasteiger partial charge in [-0.05, 0) is 43.7 Å². The van der Waals surface area contributed by atoms with Gasteiger partial charge in [0.15, 0.2) is 9.84 Å². The molecule has 4 aliphatic rings. The van der Waals surface area contributed by atoms with Crippen molar-refractivity contribution in [3.8, 4) is 0 Å². The quantitative estimate of drug-likeness (QED) is 0.880. The molecule has 0 unspecified atom stereocenters. The summed E-state index contributed by atoms with van der Waals surface area (Å²) >= 11 is 0. The van der Waals surface area contributed by atoms with E-state index in [0.29, 0.717) is 5.92 Å². The maximum atomic E-state index is 13.4. The van der Waals surface area contributed by atoms with Crippen LogP contribution >= 0.6 is 0 Å². The van der Waals surface area contributed by atoms with Crippen molar-refractivity contribution in [2.24, 2.45) is 29.1 Å². The molecule has 0 heterocycles. The number of hydrogen-bond acceptors (Lipinski definition) is 4. The van der Waals surface area contributed by atoms with E-state index in [4.69, 9.17) is 0 Å². The van der Waals surface area contributed by atoms with E-state index in [1.165, 1.54) is 0 Å². The molecule has 5 heteroatoms. The molecule has 4 saturated carbocycles. The Kier molecular flexibility index (Phi) is 3.79. The Bertz CT molecular complexity index is 857. The van der Waals surface area contributed by atoms with E-state index in [9.17, 15) is 18.3 Å². The predicted molar refractivity (Wildman–Crippen MR) is 99.4 cm³/mol. The van der Waals surface area contributed by atoms with Crippen LogP contribution < -0.4 is 0 Å². The Hall–Kier alpha value is -1.20. The fourth-order valence-corrected chi connectivity index (χ4v) is 8.48. The van der Waals surface area contributed by atoms with Crippen LogP contribution in [-0.2, 0) is 14.6 Å². The third kappa shape index (κ3) is 1.99. The van der Waals surface area contributed by atoms with Crippen molar-refractivity contribution in [3.05, 3.63) is 29.8 Å². The Morgan fingerprint density at radius 2 is 1.81 bits per heavy atom. The lowest BCUT2D eigenvalue weighted by molar-refractivity contribution is -0.308. The second-order valence-corrected chi connectivity index (χ2v) is 11.3. The fourth-order valence-electron chi connectivity index (χ4n) is 6.35. The van der Waals surface area contributed by atoms with Crippen molar-refractivity contribution in [2.75, 3.05) is 0 Å². The summed E-state index contributed by atoms with van der Waals surface area (Å²) in [6, 6.07) is 6.73. The van der Waals surface area contributed by atoms with Gasteiger partial charge in [0.1, 0.15) is 11.0 Å². The minimum Gasteiger partial charge on any atom is -0.388 e. The van der Waals surface area contributed by atoms with Gasteiger partial charge in [-0.15, -0.1) is 0 Å². The first-order valence-electron chi connectivity index (χ1n) is 9.61. The summed E-state index contributed by atoms with van der Waals surface area (Å²) in [5, 5.41) is 10.8. The number of fused-ring (bicyclic) bond motifs is 2. The Balaban J connectivity index is 1.83. The molecular formula is C21H28O4S. The van der Waals surface area contributed by atoms with E-state index in [0.717, 1.165) is 18.4 Å². The van der Waals surface area contributed by atoms with Crippen LogP contribution in [0.1, 0.15) is 45.6 Å². The number of aliphatic hydroxyl groups is 1. The van der Waals surface area contributed by atoms with Crippen LogP contribution in [-0.4, -0.2) is 30.2 Å². The summed E-state index contributed by atoms with van der Waals surface area (Å²) in [6.07, 6.45) is 1.62. The number of rotatable bonds is 3. The first kappa shape index (κ1) is 18.2. The number of Topliss-reactive ketones (excluding diaryl/α,β-unsaturated/α-hetero) is 1. The van der Waals surface area contributed by atoms with Crippen LogP contribution in [0.2, 0.25) is 0 Å². The number of sulfone groups is 1. The van der Waals surface area contributed by atoms with Crippen molar-refractivity contribution in [2.45, 2.75) is 62.7 Å². The van der Waals surface area contributed by atoms with Crippen LogP contribution in [0.3, 0.4) is 0 Å². The number of carbonyl (C=O) groups is 1. The number of hydrogen-bond donors (Lipinski definition) is 1. The number of ketones is 1. The average Bonchev–Trinajstić information content (AvgIpc) is 2.57. The van der Waals surface area contributed by atoms with Crippen LogP contribution in [0.15, 0.2) is 29.2 Å². The highest BCUT2D eigenvalue weighted by Crippen LogP contribution is 2.74. The molecule has 0 aromatic heterocycles. The topological polar surface area (TPSA) is 71.4 Å². The third-order valence-electron chi connectivity index (χ3n) is 7.73. The second kappa shape index (κ2) is 5.41. The van der Waals surface area contributed by atoms with Gasteiger partial charge < -0.3 is 5.11 Å². The highest BCUT2D eigenvalue weighted by molar-refractivity contribution is 7.92. The summed E-state index contributed by atoms with van der Waals surface area (Å²) in [5.41, 5.74) is -0.932. The zero-order chi connectivity index (χ0) is 19.1. The molecular weight excluding hydrogens is 348 g/mol. The summed E-state index contributed by atoms with van der Waals surface area (Å²) < 4.78 is 26.8. The monoisotopic (exact) mass is 376 g/mol. The van der Waals surface area contributed by atoms with Gasteiger partial charge in [0.05, 0.1) is 10.5 Å². The molecule has 0 spiro atoms. The van der Waals surface area contributed by atoms with Crippen LogP contribution in [0.4, 0.5) is 0 Å². The van der Waals surface area contributed by atoms with E-state index in [-0.39, 0.29) is 34.9 Å². The maximum Gasteiger partial charge on any atom is 0.184 e. The van der Waals surface area contributed by atoms with Gasteiger partial charge >= 0.3 is 0 Å². The molecule has 4 bridgehead atoms. The minimum atomic E-state index is -3.78. The highest BCUT2D eigenvalue weighted by atomic mass is 32.2. The predicted octanol–water partition coefficient (Wildman–Crippen LogP) is 3.16. The zero-order valence-electron chi connectivity index (χ0n) is 15.9. The van der Waals surface area contributed by atoms with Gasteiger partial charge in [0, 0.05) is 23.7 Å². The summed E-state index contributed by atoms with van der Waals surface area (Å²) in [4.78, 5) is 13.1. The number of benzene rings is 1. The van der Waals surface area contributed by atoms with Gasteiger partial charge in [-0.25, -0.2) is 8.42 Å². The van der Waals surface area contributed by atoms with Gasteiger partial charge in [0.25, 0.3) is 0 Å². The third-order valence-corrected chi connectivity index (χ3v) is 9.94. The van der Waals surface area contributed by atoms with Gasteiger partial charge in [-0.3, -0.25) is 4.79 Å². The van der Waals surface area contributed by atoms with Crippen LogP contribution in [0.25, 0.3) is 0 Å². The molecule has 0 radical (unpaired) electrons. The largest absolute Gasteiger partial charge is 0.388 e. The molecule has 1 aromatic carbocycles. The zero-order valence-corrected chi connectivity index (χ0v) is 16.7. The number of carbonyl (C=O) groups excluding carboxylic acids is 1. The number of aryl methyl sites for hydroxylation is 1. The smallest absolute Gasteiger partial charge is 0.184 e. The SMILES string of the molecule is Cc1ccc(S(=O)(=O)[C@@H]2CC(=O)[C@@H]3[C@H]4[C@H](C(C)C)CC[C@]3(C)[C@]42O)cc1. The van der Waals surface area contributed by atoms with Gasteiger partial charge in [-0.1, -0.05) is 38.5 Å². The first-order chi connectivity index (χ1) is 12.0. The molecule has 4 aliphatic carbocycles. The van der Waals surface area contributed by atoms with Crippen molar-refractivity contribution in [1.82, 2.24) is 0 Å². The molecule has 0 saturated heterocycles. The molecule has 1 aromatic rings. The summed E-state index contributed by atoms with van der Waals surface area (Å²) in [5.74, 6) is 0.143. The lowest BCUT2D eigenvalue weighted by atomic mass is 9.31. The molecule has 1 N–H and O–H groups in total. The van der Waals surface area contributed by atoms with Crippen LogP contribution in [0, 0.1) is 36.0 Å². The molecule has 4 fully saturated rings. The Morgan fingerprint density at radius 1 is 1.19 bits per heavy atom. The summed E-state index contributed by atoms with van der Waals surface area (Å²) in [7, 11) is -3.78. The van der Waals surface area contributed by atoms with Crippen molar-refractivity contribution < 1.29 is 18.3 Å². The van der Waals surface area contributed by atoms with Crippen molar-refractivity contribution >= 4 is 15.6 Å². The van der Waals surface area contributed by atoms with Crippen LogP contribution in [0.5, 0.6) is 0 Å². The van der Waals surface area contributed by atoms with Crippen molar-refractivity contribution in [1.29, 1.82) is 0 Å². The molecule has 0 aliphatic heterocycles. The van der Waals surface area contributed by atoms with Gasteiger partial charge in [-0.2, -0.15) is 0 Å². The average molecular weight is 377 g/mol. The molecule has 26 heavy (non-hydrogen) atoms. The summed E-state index contributed by atoms with van der Waals surface area (Å²) in [6.45, 7) is 8.06. The second-order valence-electron chi connectivity index (χ2n) is 9.21. The Morgan fingerprint density at radius 3 is 2.38 bits per heavy atom. The fraction of sp³-hybridized carbons (Fsp3) is 0.667. The molecule has 4 nitrogen and oxygen atoms in total. The molecule has 5 rings (SSSR count). The maximum absolute atomic E-state index is 13.4.